The minimum atomic E-state index is -2.95. The van der Waals surface area contributed by atoms with Crippen molar-refractivity contribution in [2.45, 2.75) is 26.2 Å². The zero-order valence-corrected chi connectivity index (χ0v) is 15.7. The van der Waals surface area contributed by atoms with Gasteiger partial charge in [0.15, 0.2) is 0 Å². The number of rotatable bonds is 13. The van der Waals surface area contributed by atoms with E-state index < -0.39 is 9.84 Å². The Labute approximate surface area is 150 Å². The maximum Gasteiger partial charge on any atom is 0.150 e. The first kappa shape index (κ1) is 21.4. The van der Waals surface area contributed by atoms with Crippen LogP contribution in [0.5, 0.6) is 5.75 Å². The van der Waals surface area contributed by atoms with E-state index in [1.807, 2.05) is 6.92 Å². The highest BCUT2D eigenvalue weighted by molar-refractivity contribution is 7.91. The second-order valence-corrected chi connectivity index (χ2v) is 8.21. The van der Waals surface area contributed by atoms with Crippen molar-refractivity contribution < 1.29 is 18.3 Å². The van der Waals surface area contributed by atoms with Crippen molar-refractivity contribution in [2.75, 3.05) is 44.4 Å². The highest BCUT2D eigenvalue weighted by Crippen LogP contribution is 2.11. The van der Waals surface area contributed by atoms with Crippen LogP contribution >= 0.6 is 0 Å². The average molecular weight is 368 g/mol. The van der Waals surface area contributed by atoms with Gasteiger partial charge in [-0.05, 0) is 50.1 Å². The summed E-state index contributed by atoms with van der Waals surface area (Å²) in [5, 5.41) is 17.9. The van der Waals surface area contributed by atoms with Crippen LogP contribution in [0.4, 0.5) is 0 Å². The molecule has 25 heavy (non-hydrogen) atoms. The van der Waals surface area contributed by atoms with Gasteiger partial charge in [0, 0.05) is 18.8 Å². The lowest BCUT2D eigenvalue weighted by molar-refractivity contribution is 0.183. The van der Waals surface area contributed by atoms with E-state index in [-0.39, 0.29) is 18.1 Å². The molecule has 1 aromatic carbocycles. The van der Waals surface area contributed by atoms with Crippen molar-refractivity contribution in [1.29, 1.82) is 5.26 Å². The first-order chi connectivity index (χ1) is 12.0. The van der Waals surface area contributed by atoms with E-state index in [1.54, 1.807) is 24.3 Å². The minimum Gasteiger partial charge on any atom is -0.494 e. The van der Waals surface area contributed by atoms with Gasteiger partial charge in [-0.25, -0.2) is 8.42 Å². The molecule has 0 aliphatic heterocycles. The molecule has 1 N–H and O–H groups in total. The van der Waals surface area contributed by atoms with Gasteiger partial charge in [0.05, 0.1) is 30.6 Å². The van der Waals surface area contributed by atoms with Gasteiger partial charge in [-0.1, -0.05) is 6.92 Å². The number of aliphatic hydroxyl groups is 1. The van der Waals surface area contributed by atoms with E-state index in [2.05, 4.69) is 11.0 Å². The first-order valence-electron chi connectivity index (χ1n) is 8.67. The third-order valence-corrected chi connectivity index (χ3v) is 5.67. The number of nitrogens with zero attached hydrogens (tertiary/aromatic N) is 2. The molecule has 1 aromatic rings. The largest absolute Gasteiger partial charge is 0.494 e. The van der Waals surface area contributed by atoms with E-state index in [1.165, 1.54) is 0 Å². The van der Waals surface area contributed by atoms with Crippen LogP contribution in [-0.2, 0) is 9.84 Å². The molecule has 0 spiro atoms. The number of hydrogen-bond donors (Lipinski definition) is 1. The zero-order valence-electron chi connectivity index (χ0n) is 14.9. The van der Waals surface area contributed by atoms with Crippen molar-refractivity contribution in [1.82, 2.24) is 4.90 Å². The second-order valence-electron chi connectivity index (χ2n) is 5.91. The van der Waals surface area contributed by atoms with Crippen molar-refractivity contribution in [3.63, 3.8) is 0 Å². The number of hydrogen-bond acceptors (Lipinski definition) is 6. The van der Waals surface area contributed by atoms with E-state index in [9.17, 15) is 8.42 Å². The van der Waals surface area contributed by atoms with Crippen LogP contribution in [0.3, 0.4) is 0 Å². The molecule has 0 heterocycles. The zero-order chi connectivity index (χ0) is 18.5. The van der Waals surface area contributed by atoms with Crippen LogP contribution in [0.1, 0.15) is 31.7 Å². The summed E-state index contributed by atoms with van der Waals surface area (Å²) >= 11 is 0. The van der Waals surface area contributed by atoms with Gasteiger partial charge in [0.1, 0.15) is 15.6 Å². The summed E-state index contributed by atoms with van der Waals surface area (Å²) in [5.41, 5.74) is 0.597. The maximum atomic E-state index is 11.7. The predicted octanol–water partition coefficient (Wildman–Crippen LogP) is 1.84. The van der Waals surface area contributed by atoms with Crippen molar-refractivity contribution in [2.24, 2.45) is 0 Å². The molecule has 1 rings (SSSR count). The number of sulfone groups is 1. The average Bonchev–Trinajstić information content (AvgIpc) is 2.59. The standard InChI is InChI=1S/C18H28N2O4S/c1-2-14-25(22,23)15-4-10-20(11-12-21)9-3-13-24-18-7-5-17(16-19)6-8-18/h5-8,21H,2-4,9-15H2,1H3. The van der Waals surface area contributed by atoms with Crippen molar-refractivity contribution >= 4 is 9.84 Å². The predicted molar refractivity (Wildman–Crippen MR) is 98.4 cm³/mol. The fourth-order valence-electron chi connectivity index (χ4n) is 2.50. The summed E-state index contributed by atoms with van der Waals surface area (Å²) in [4.78, 5) is 2.06. The maximum absolute atomic E-state index is 11.7. The van der Waals surface area contributed by atoms with Gasteiger partial charge in [-0.3, -0.25) is 0 Å². The van der Waals surface area contributed by atoms with E-state index in [0.717, 1.165) is 18.7 Å². The lowest BCUT2D eigenvalue weighted by atomic mass is 10.2. The molecular formula is C18H28N2O4S. The number of benzene rings is 1. The van der Waals surface area contributed by atoms with Crippen LogP contribution < -0.4 is 4.74 Å². The summed E-state index contributed by atoms with van der Waals surface area (Å²) < 4.78 is 29.1. The van der Waals surface area contributed by atoms with Crippen molar-refractivity contribution in [3.05, 3.63) is 29.8 Å². The molecule has 0 radical (unpaired) electrons. The molecule has 0 aliphatic carbocycles. The molecule has 0 fully saturated rings. The van der Waals surface area contributed by atoms with Crippen LogP contribution in [0, 0.1) is 11.3 Å². The van der Waals surface area contributed by atoms with Gasteiger partial charge in [-0.15, -0.1) is 0 Å². The van der Waals surface area contributed by atoms with E-state index in [4.69, 9.17) is 15.1 Å². The monoisotopic (exact) mass is 368 g/mol. The fourth-order valence-corrected chi connectivity index (χ4v) is 3.90. The summed E-state index contributed by atoms with van der Waals surface area (Å²) in [7, 11) is -2.95. The fraction of sp³-hybridized carbons (Fsp3) is 0.611. The summed E-state index contributed by atoms with van der Waals surface area (Å²) in [6.45, 7) is 4.37. The third kappa shape index (κ3) is 9.44. The Morgan fingerprint density at radius 3 is 2.40 bits per heavy atom. The highest BCUT2D eigenvalue weighted by atomic mass is 32.2. The van der Waals surface area contributed by atoms with Crippen LogP contribution in [0.15, 0.2) is 24.3 Å². The molecule has 6 nitrogen and oxygen atoms in total. The quantitative estimate of drug-likeness (QED) is 0.534. The van der Waals surface area contributed by atoms with Crippen LogP contribution in [0.25, 0.3) is 0 Å². The Hall–Kier alpha value is -1.62. The van der Waals surface area contributed by atoms with Gasteiger partial charge >= 0.3 is 0 Å². The molecule has 0 bridgehead atoms. The number of ether oxygens (including phenoxy) is 1. The molecule has 0 amide bonds. The van der Waals surface area contributed by atoms with Gasteiger partial charge < -0.3 is 14.7 Å². The van der Waals surface area contributed by atoms with Gasteiger partial charge in [0.2, 0.25) is 0 Å². The molecule has 0 unspecified atom stereocenters. The molecule has 7 heteroatoms. The lowest BCUT2D eigenvalue weighted by Crippen LogP contribution is -2.31. The van der Waals surface area contributed by atoms with Crippen LogP contribution in [0.2, 0.25) is 0 Å². The van der Waals surface area contributed by atoms with Crippen molar-refractivity contribution in [3.8, 4) is 11.8 Å². The topological polar surface area (TPSA) is 90.6 Å². The van der Waals surface area contributed by atoms with Crippen LogP contribution in [-0.4, -0.2) is 62.8 Å². The number of nitriles is 1. The lowest BCUT2D eigenvalue weighted by Gasteiger charge is -2.21. The minimum absolute atomic E-state index is 0.0538. The normalized spacial score (nSPS) is 11.4. The molecule has 140 valence electrons. The molecule has 0 saturated heterocycles. The number of aliphatic hydroxyl groups excluding tert-OH is 1. The smallest absolute Gasteiger partial charge is 0.150 e. The second kappa shape index (κ2) is 11.9. The van der Waals surface area contributed by atoms with E-state index in [0.29, 0.717) is 38.1 Å². The molecule has 0 aromatic heterocycles. The summed E-state index contributed by atoms with van der Waals surface area (Å²) in [6, 6.07) is 9.02. The summed E-state index contributed by atoms with van der Waals surface area (Å²) in [5.74, 6) is 1.16. The molecular weight excluding hydrogens is 340 g/mol. The Morgan fingerprint density at radius 1 is 1.12 bits per heavy atom. The molecule has 0 atom stereocenters. The van der Waals surface area contributed by atoms with Gasteiger partial charge in [0.25, 0.3) is 0 Å². The Kier molecular flexibility index (Phi) is 10.2. The third-order valence-electron chi connectivity index (χ3n) is 3.73. The Morgan fingerprint density at radius 2 is 1.80 bits per heavy atom. The van der Waals surface area contributed by atoms with Gasteiger partial charge in [-0.2, -0.15) is 5.26 Å². The Balaban J connectivity index is 2.28. The SMILES string of the molecule is CCCS(=O)(=O)CCCN(CCO)CCCOc1ccc(C#N)cc1. The molecule has 0 aliphatic rings. The Bertz CT molecular complexity index is 623. The van der Waals surface area contributed by atoms with E-state index >= 15 is 0 Å². The summed E-state index contributed by atoms with van der Waals surface area (Å²) in [6.07, 6.45) is 2.01. The molecule has 0 saturated carbocycles. The first-order valence-corrected chi connectivity index (χ1v) is 10.5. The highest BCUT2D eigenvalue weighted by Gasteiger charge is 2.11.